The molecule has 0 radical (unpaired) electrons. The zero-order chi connectivity index (χ0) is 18.4. The summed E-state index contributed by atoms with van der Waals surface area (Å²) in [6, 6.07) is 4.68. The first kappa shape index (κ1) is 19.5. The summed E-state index contributed by atoms with van der Waals surface area (Å²) in [6.07, 6.45) is 1.44. The maximum absolute atomic E-state index is 12.4. The second kappa shape index (κ2) is 8.54. The molecule has 136 valence electrons. The highest BCUT2D eigenvalue weighted by molar-refractivity contribution is 7.89. The van der Waals surface area contributed by atoms with E-state index < -0.39 is 10.0 Å². The summed E-state index contributed by atoms with van der Waals surface area (Å²) in [5.74, 6) is 0.108. The first-order valence-corrected chi connectivity index (χ1v) is 9.28. The number of halogens is 1. The molecule has 0 saturated carbocycles. The lowest BCUT2D eigenvalue weighted by molar-refractivity contribution is 0.0961. The molecular weight excluding hydrogens is 368 g/mol. The normalized spacial score (nSPS) is 11.6. The van der Waals surface area contributed by atoms with Gasteiger partial charge in [-0.05, 0) is 24.6 Å². The van der Waals surface area contributed by atoms with Gasteiger partial charge in [-0.15, -0.1) is 0 Å². The number of nitrogens with two attached hydrogens (primary N) is 1. The number of nitrogens with one attached hydrogen (secondary N) is 1. The molecule has 10 heteroatoms. The average molecular weight is 387 g/mol. The summed E-state index contributed by atoms with van der Waals surface area (Å²) < 4.78 is 32.2. The molecular formula is C15H19ClN4O4S. The van der Waals surface area contributed by atoms with Crippen molar-refractivity contribution in [3.63, 3.8) is 0 Å². The third kappa shape index (κ3) is 5.10. The first-order chi connectivity index (χ1) is 11.8. The molecule has 1 aromatic heterocycles. The molecule has 0 aliphatic carbocycles. The highest BCUT2D eigenvalue weighted by Crippen LogP contribution is 2.26. The lowest BCUT2D eigenvalue weighted by Crippen LogP contribution is -2.27. The number of aryl methyl sites for hydroxylation is 1. The molecule has 1 heterocycles. The number of ether oxygens (including phenoxy) is 1. The monoisotopic (exact) mass is 386 g/mol. The van der Waals surface area contributed by atoms with Crippen LogP contribution in [0, 0.1) is 6.92 Å². The van der Waals surface area contributed by atoms with Gasteiger partial charge in [0.25, 0.3) is 0 Å². The standard InChI is InChI=1S/C15H19ClN4O4S/c1-10-2-3-11(25(22,23)19-4-6-24-7-5-21)8-12(10)13-9-18-15(17)14(16)20-13/h2-3,8-9,19,21H,4-7H2,1H3,(H2,17,18). The molecule has 4 N–H and O–H groups in total. The van der Waals surface area contributed by atoms with Crippen molar-refractivity contribution < 1.29 is 18.3 Å². The van der Waals surface area contributed by atoms with Gasteiger partial charge in [0.15, 0.2) is 11.0 Å². The summed E-state index contributed by atoms with van der Waals surface area (Å²) in [5.41, 5.74) is 7.40. The van der Waals surface area contributed by atoms with Crippen LogP contribution < -0.4 is 10.5 Å². The van der Waals surface area contributed by atoms with Crippen molar-refractivity contribution in [2.45, 2.75) is 11.8 Å². The molecule has 0 aliphatic heterocycles. The summed E-state index contributed by atoms with van der Waals surface area (Å²) in [4.78, 5) is 8.18. The van der Waals surface area contributed by atoms with Crippen molar-refractivity contribution in [1.29, 1.82) is 0 Å². The zero-order valence-electron chi connectivity index (χ0n) is 13.6. The molecule has 0 fully saturated rings. The maximum Gasteiger partial charge on any atom is 0.240 e. The third-order valence-electron chi connectivity index (χ3n) is 3.33. The fourth-order valence-corrected chi connectivity index (χ4v) is 3.23. The Balaban J connectivity index is 2.24. The lowest BCUT2D eigenvalue weighted by Gasteiger charge is -2.11. The number of benzene rings is 1. The van der Waals surface area contributed by atoms with Crippen LogP contribution in [0.25, 0.3) is 11.3 Å². The van der Waals surface area contributed by atoms with Crippen LogP contribution >= 0.6 is 11.6 Å². The van der Waals surface area contributed by atoms with Gasteiger partial charge in [0, 0.05) is 12.1 Å². The number of anilines is 1. The molecule has 2 rings (SSSR count). The van der Waals surface area contributed by atoms with Crippen LogP contribution in [0.3, 0.4) is 0 Å². The minimum atomic E-state index is -3.71. The summed E-state index contributed by atoms with van der Waals surface area (Å²) >= 11 is 5.90. The number of nitrogen functional groups attached to an aromatic ring is 1. The molecule has 0 unspecified atom stereocenters. The Labute approximate surface area is 151 Å². The smallest absolute Gasteiger partial charge is 0.240 e. The molecule has 25 heavy (non-hydrogen) atoms. The number of hydrogen-bond acceptors (Lipinski definition) is 7. The predicted molar refractivity (Wildman–Crippen MR) is 94.7 cm³/mol. The zero-order valence-corrected chi connectivity index (χ0v) is 15.1. The van der Waals surface area contributed by atoms with Crippen LogP contribution in [-0.4, -0.2) is 49.9 Å². The Kier molecular flexibility index (Phi) is 6.68. The topological polar surface area (TPSA) is 127 Å². The average Bonchev–Trinajstić information content (AvgIpc) is 2.57. The van der Waals surface area contributed by atoms with Crippen LogP contribution in [0.1, 0.15) is 5.56 Å². The van der Waals surface area contributed by atoms with Gasteiger partial charge in [0.05, 0.1) is 36.6 Å². The second-order valence-electron chi connectivity index (χ2n) is 5.14. The van der Waals surface area contributed by atoms with E-state index in [4.69, 9.17) is 27.2 Å². The number of nitrogens with zero attached hydrogens (tertiary/aromatic N) is 2. The van der Waals surface area contributed by atoms with E-state index in [1.165, 1.54) is 18.3 Å². The molecule has 0 saturated heterocycles. The van der Waals surface area contributed by atoms with Crippen LogP contribution in [0.2, 0.25) is 5.15 Å². The Hall–Kier alpha value is -1.78. The van der Waals surface area contributed by atoms with Crippen molar-refractivity contribution in [3.8, 4) is 11.3 Å². The molecule has 0 spiro atoms. The minimum absolute atomic E-state index is 0.0596. The highest BCUT2D eigenvalue weighted by Gasteiger charge is 2.16. The summed E-state index contributed by atoms with van der Waals surface area (Å²) in [5, 5.41) is 8.67. The van der Waals surface area contributed by atoms with E-state index in [9.17, 15) is 8.42 Å². The summed E-state index contributed by atoms with van der Waals surface area (Å²) in [6.45, 7) is 2.14. The van der Waals surface area contributed by atoms with Gasteiger partial charge in [-0.25, -0.2) is 23.1 Å². The van der Waals surface area contributed by atoms with Crippen LogP contribution in [-0.2, 0) is 14.8 Å². The van der Waals surface area contributed by atoms with Crippen LogP contribution in [0.5, 0.6) is 0 Å². The quantitative estimate of drug-likeness (QED) is 0.577. The van der Waals surface area contributed by atoms with Crippen molar-refractivity contribution in [3.05, 3.63) is 35.1 Å². The van der Waals surface area contributed by atoms with Gasteiger partial charge in [-0.1, -0.05) is 17.7 Å². The Bertz CT molecular complexity index is 845. The predicted octanol–water partition coefficient (Wildman–Crippen LogP) is 0.975. The fourth-order valence-electron chi connectivity index (χ4n) is 2.05. The Morgan fingerprint density at radius 2 is 2.12 bits per heavy atom. The van der Waals surface area contributed by atoms with Crippen LogP contribution in [0.4, 0.5) is 5.82 Å². The number of aliphatic hydroxyl groups is 1. The van der Waals surface area contributed by atoms with E-state index >= 15 is 0 Å². The van der Waals surface area contributed by atoms with Gasteiger partial charge in [-0.3, -0.25) is 0 Å². The number of sulfonamides is 1. The van der Waals surface area contributed by atoms with Gasteiger partial charge >= 0.3 is 0 Å². The fraction of sp³-hybridized carbons (Fsp3) is 0.333. The highest BCUT2D eigenvalue weighted by atomic mass is 35.5. The van der Waals surface area contributed by atoms with E-state index in [1.54, 1.807) is 6.07 Å². The van der Waals surface area contributed by atoms with Gasteiger partial charge in [0.2, 0.25) is 10.0 Å². The van der Waals surface area contributed by atoms with Gasteiger partial charge < -0.3 is 15.6 Å². The molecule has 8 nitrogen and oxygen atoms in total. The van der Waals surface area contributed by atoms with E-state index in [1.807, 2.05) is 6.92 Å². The molecule has 2 aromatic rings. The minimum Gasteiger partial charge on any atom is -0.394 e. The van der Waals surface area contributed by atoms with Crippen LogP contribution in [0.15, 0.2) is 29.3 Å². The molecule has 0 amide bonds. The number of aromatic nitrogens is 2. The number of hydrogen-bond donors (Lipinski definition) is 3. The Morgan fingerprint density at radius 3 is 2.80 bits per heavy atom. The first-order valence-electron chi connectivity index (χ1n) is 7.42. The SMILES string of the molecule is Cc1ccc(S(=O)(=O)NCCOCCO)cc1-c1cnc(N)c(Cl)n1. The van der Waals surface area contributed by atoms with Crippen molar-refractivity contribution in [2.75, 3.05) is 32.1 Å². The molecule has 0 aliphatic rings. The molecule has 1 aromatic carbocycles. The lowest BCUT2D eigenvalue weighted by atomic mass is 10.1. The van der Waals surface area contributed by atoms with E-state index in [-0.39, 0.29) is 42.2 Å². The third-order valence-corrected chi connectivity index (χ3v) is 5.06. The van der Waals surface area contributed by atoms with E-state index in [0.717, 1.165) is 5.56 Å². The van der Waals surface area contributed by atoms with E-state index in [0.29, 0.717) is 11.3 Å². The largest absolute Gasteiger partial charge is 0.394 e. The van der Waals surface area contributed by atoms with Crippen molar-refractivity contribution >= 4 is 27.4 Å². The maximum atomic E-state index is 12.4. The van der Waals surface area contributed by atoms with Crippen molar-refractivity contribution in [2.24, 2.45) is 0 Å². The van der Waals surface area contributed by atoms with Gasteiger partial charge in [-0.2, -0.15) is 0 Å². The number of rotatable bonds is 8. The van der Waals surface area contributed by atoms with Gasteiger partial charge in [0.1, 0.15) is 0 Å². The molecule has 0 atom stereocenters. The Morgan fingerprint density at radius 1 is 1.36 bits per heavy atom. The van der Waals surface area contributed by atoms with Crippen molar-refractivity contribution in [1.82, 2.24) is 14.7 Å². The molecule has 0 bridgehead atoms. The number of aliphatic hydroxyl groups excluding tert-OH is 1. The van der Waals surface area contributed by atoms with E-state index in [2.05, 4.69) is 14.7 Å². The second-order valence-corrected chi connectivity index (χ2v) is 7.27. The summed E-state index contributed by atoms with van der Waals surface area (Å²) in [7, 11) is -3.71.